The molecule has 0 spiro atoms. The second-order valence-corrected chi connectivity index (χ2v) is 31.8. The molecular formula is C95H112F22O12. The number of aliphatic carboxylic acids is 4. The average molecular weight is 1860 g/mol. The standard InChI is InChI=1S/C24H26F8O3.C24H29F5O3.C24H30F4O3.C23H27F5O3/c1-14(2)18-12-17(23(28,29)24(30,31)32)13-19(21(18)35-10-6-9-22(25,26)27)16(4)8-5-7-15(3)11-20(33)34;1-6-7-11-32-22-19(15(2)3)13-18(23(25,26)24(27,28)29)14-20(22)17(5)10-8-9-16(4)12-21(30)31;1-7-17-12-18(16(3)10-8-9-15(2)11-20(29)30)21(19(13-17)23(4,5)6)31-14-24(27,28)22(25)26;1-6-10-31-21-18(14(2)3)12-17(22(24,25)23(26,27)28)13-19(21)16(5)9-7-8-15(4)11-20(29)30/h5,7-8,11-14H,6,9-10H2,1-4H3,(H,33,34);8-10,12-15H,6-7,11H2,1-5H3,(H,30,31);8-13,22H,7,14H2,1-6H3,(H,29,30);7-9,11-14H,6,10H2,1-5H3,(H,29,30)/b7-5+,15-11+,16-8-;9-8+,16-12+,17-10-;9-8+,15-11+,16-10-;8-7+,15-11+,16-9-. The van der Waals surface area contributed by atoms with Crippen LogP contribution in [0.1, 0.15) is 255 Å². The van der Waals surface area contributed by atoms with Gasteiger partial charge in [0.05, 0.1) is 19.8 Å². The van der Waals surface area contributed by atoms with E-state index < -0.39 is 133 Å². The van der Waals surface area contributed by atoms with Gasteiger partial charge in [0, 0.05) is 75.2 Å². The molecule has 0 fully saturated rings. The van der Waals surface area contributed by atoms with E-state index in [-0.39, 0.29) is 80.4 Å². The lowest BCUT2D eigenvalue weighted by atomic mass is 9.82. The number of carbonyl (C=O) groups is 4. The highest BCUT2D eigenvalue weighted by Gasteiger charge is 2.61. The van der Waals surface area contributed by atoms with Crippen molar-refractivity contribution in [2.24, 2.45) is 0 Å². The molecule has 4 N–H and O–H groups in total. The highest BCUT2D eigenvalue weighted by Crippen LogP contribution is 2.52. The van der Waals surface area contributed by atoms with E-state index in [1.807, 2.05) is 47.6 Å². The topological polar surface area (TPSA) is 186 Å². The minimum atomic E-state index is -5.87. The van der Waals surface area contributed by atoms with Crippen molar-refractivity contribution in [3.8, 4) is 23.0 Å². The number of alkyl halides is 22. The fraction of sp³-hybridized carbons (Fsp3) is 0.453. The van der Waals surface area contributed by atoms with E-state index >= 15 is 0 Å². The molecule has 0 aromatic heterocycles. The third-order valence-electron chi connectivity index (χ3n) is 18.4. The number of rotatable bonds is 38. The maximum atomic E-state index is 14.2. The Bertz CT molecular complexity index is 4830. The van der Waals surface area contributed by atoms with Gasteiger partial charge in [-0.3, -0.25) is 0 Å². The fourth-order valence-corrected chi connectivity index (χ4v) is 11.4. The Hall–Kier alpha value is -10.7. The number of carboxylic acid groups (broad SMARTS) is 4. The van der Waals surface area contributed by atoms with E-state index in [1.165, 1.54) is 82.4 Å². The third kappa shape index (κ3) is 37.7. The molecule has 4 aromatic rings. The van der Waals surface area contributed by atoms with E-state index in [0.717, 1.165) is 60.6 Å². The van der Waals surface area contributed by atoms with Crippen LogP contribution in [0, 0.1) is 0 Å². The van der Waals surface area contributed by atoms with Crippen molar-refractivity contribution in [2.45, 2.75) is 255 Å². The van der Waals surface area contributed by atoms with Gasteiger partial charge in [-0.15, -0.1) is 0 Å². The lowest BCUT2D eigenvalue weighted by molar-refractivity contribution is -0.289. The Kier molecular flexibility index (Phi) is 45.5. The zero-order valence-corrected chi connectivity index (χ0v) is 75.1. The SMILES string of the molecule is C/C(=C/C=C/C(C)=C/C(=O)O)c1cc(C(F)(F)C(F)(F)F)cc(C(C)C)c1OCCCC(F)(F)F.CCCCOc1c(\C(C)=C/C=C/C(C)=C/C(=O)O)cc(C(F)(F)C(F)(F)F)cc1C(C)C.CCCOc1c(\C(C)=C/C=C/C(C)=C/C(=O)O)cc(C(F)(F)C(F)(F)F)cc1C(C)C.CCc1cc(\C(C)=C/C=C/C(C)=C/C(=O)O)c(OCC(F)(F)C(F)F)c(C(C)(C)C)c1. The lowest BCUT2D eigenvalue weighted by Crippen LogP contribution is -2.34. The van der Waals surface area contributed by atoms with Crippen LogP contribution in [0.5, 0.6) is 23.0 Å². The first kappa shape index (κ1) is 116. The number of benzene rings is 4. The maximum Gasteiger partial charge on any atom is 0.458 e. The van der Waals surface area contributed by atoms with Crippen molar-refractivity contribution in [1.82, 2.24) is 0 Å². The van der Waals surface area contributed by atoms with Crippen LogP contribution in [0.15, 0.2) is 168 Å². The Balaban J connectivity index is 0.000000861. The number of ether oxygens (including phenoxy) is 4. The first-order chi connectivity index (χ1) is 59.0. The lowest BCUT2D eigenvalue weighted by Gasteiger charge is -2.27. The molecule has 4 rings (SSSR count). The molecule has 34 heteroatoms. The summed E-state index contributed by atoms with van der Waals surface area (Å²) in [6.45, 7) is 32.4. The maximum absolute atomic E-state index is 14.2. The molecule has 129 heavy (non-hydrogen) atoms. The summed E-state index contributed by atoms with van der Waals surface area (Å²) < 4.78 is 315. The third-order valence-corrected chi connectivity index (χ3v) is 18.4. The smallest absolute Gasteiger partial charge is 0.458 e. The second-order valence-electron chi connectivity index (χ2n) is 31.8. The number of hydrogen-bond acceptors (Lipinski definition) is 8. The average Bonchev–Trinajstić information content (AvgIpc) is 0.775. The molecule has 0 saturated carbocycles. The first-order valence-electron chi connectivity index (χ1n) is 40.4. The van der Waals surface area contributed by atoms with Crippen molar-refractivity contribution in [1.29, 1.82) is 0 Å². The first-order valence-corrected chi connectivity index (χ1v) is 40.4. The molecule has 0 amide bonds. The minimum Gasteiger partial charge on any atom is -0.493 e. The summed E-state index contributed by atoms with van der Waals surface area (Å²) >= 11 is 0. The summed E-state index contributed by atoms with van der Waals surface area (Å²) in [6, 6.07) is 8.26. The van der Waals surface area contributed by atoms with Crippen LogP contribution in [-0.4, -0.2) is 108 Å². The quantitative estimate of drug-likeness (QED) is 0.0144. The highest BCUT2D eigenvalue weighted by atomic mass is 19.4. The van der Waals surface area contributed by atoms with Gasteiger partial charge in [-0.25, -0.2) is 28.0 Å². The summed E-state index contributed by atoms with van der Waals surface area (Å²) in [5.41, 5.74) is 1.96. The summed E-state index contributed by atoms with van der Waals surface area (Å²) in [5, 5.41) is 35.0. The zero-order valence-electron chi connectivity index (χ0n) is 75.1. The van der Waals surface area contributed by atoms with Gasteiger partial charge >= 0.3 is 78.7 Å². The van der Waals surface area contributed by atoms with Gasteiger partial charge in [0.25, 0.3) is 0 Å². The Morgan fingerprint density at radius 2 is 0.651 bits per heavy atom. The highest BCUT2D eigenvalue weighted by molar-refractivity contribution is 5.83. The zero-order chi connectivity index (χ0) is 99.8. The molecule has 12 nitrogen and oxygen atoms in total. The predicted octanol–water partition coefficient (Wildman–Crippen LogP) is 29.9. The van der Waals surface area contributed by atoms with Crippen LogP contribution in [0.4, 0.5) is 96.6 Å². The Labute approximate surface area is 737 Å². The van der Waals surface area contributed by atoms with Crippen LogP contribution in [0.2, 0.25) is 0 Å². The molecule has 0 aliphatic carbocycles. The van der Waals surface area contributed by atoms with E-state index in [0.29, 0.717) is 88.1 Å². The molecule has 0 aliphatic rings. The number of halogens is 22. The Morgan fingerprint density at radius 1 is 0.372 bits per heavy atom. The van der Waals surface area contributed by atoms with E-state index in [4.69, 9.17) is 39.4 Å². The largest absolute Gasteiger partial charge is 0.493 e. The molecular weight excluding hydrogens is 1750 g/mol. The van der Waals surface area contributed by atoms with Crippen molar-refractivity contribution in [3.05, 3.63) is 235 Å². The molecule has 4 aromatic carbocycles. The molecule has 0 saturated heterocycles. The van der Waals surface area contributed by atoms with Gasteiger partial charge in [0.2, 0.25) is 0 Å². The van der Waals surface area contributed by atoms with Crippen LogP contribution in [0.25, 0.3) is 22.3 Å². The Morgan fingerprint density at radius 3 is 0.884 bits per heavy atom. The van der Waals surface area contributed by atoms with Crippen molar-refractivity contribution in [3.63, 3.8) is 0 Å². The molecule has 0 bridgehead atoms. The molecule has 0 heterocycles. The van der Waals surface area contributed by atoms with Gasteiger partial charge in [0.15, 0.2) is 6.61 Å². The summed E-state index contributed by atoms with van der Waals surface area (Å²) in [5.74, 6) is -24.8. The van der Waals surface area contributed by atoms with Crippen LogP contribution in [0.3, 0.4) is 0 Å². The molecule has 0 aliphatic heterocycles. The number of unbranched alkanes of at least 4 members (excludes halogenated alkanes) is 1. The fourth-order valence-electron chi connectivity index (χ4n) is 11.4. The van der Waals surface area contributed by atoms with Crippen molar-refractivity contribution in [2.75, 3.05) is 26.4 Å². The molecule has 0 radical (unpaired) electrons. The second kappa shape index (κ2) is 50.5. The van der Waals surface area contributed by atoms with Crippen molar-refractivity contribution < 1.29 is 155 Å². The van der Waals surface area contributed by atoms with E-state index in [1.54, 1.807) is 93.5 Å². The van der Waals surface area contributed by atoms with Gasteiger partial charge in [-0.2, -0.15) is 87.8 Å². The van der Waals surface area contributed by atoms with Gasteiger partial charge < -0.3 is 39.4 Å². The number of hydrogen-bond donors (Lipinski definition) is 4. The summed E-state index contributed by atoms with van der Waals surface area (Å²) in [4.78, 5) is 42.8. The normalized spacial score (nSPS) is 14.0. The number of carboxylic acids is 4. The molecule has 0 unspecified atom stereocenters. The molecule has 0 atom stereocenters. The van der Waals surface area contributed by atoms with Crippen LogP contribution < -0.4 is 18.9 Å². The van der Waals surface area contributed by atoms with E-state index in [9.17, 15) is 116 Å². The summed E-state index contributed by atoms with van der Waals surface area (Å²) in [7, 11) is 0. The minimum absolute atomic E-state index is 0.0212. The van der Waals surface area contributed by atoms with E-state index in [2.05, 4.69) is 0 Å². The monoisotopic (exact) mass is 1860 g/mol. The predicted molar refractivity (Wildman–Crippen MR) is 456 cm³/mol. The van der Waals surface area contributed by atoms with Gasteiger partial charge in [-0.1, -0.05) is 168 Å². The van der Waals surface area contributed by atoms with Gasteiger partial charge in [-0.05, 0) is 214 Å². The molecule has 718 valence electrons. The van der Waals surface area contributed by atoms with Crippen molar-refractivity contribution >= 4 is 46.2 Å². The van der Waals surface area contributed by atoms with Gasteiger partial charge in [0.1, 0.15) is 23.0 Å². The summed E-state index contributed by atoms with van der Waals surface area (Å²) in [6.07, 6.45) is -2.45. The van der Waals surface area contributed by atoms with Crippen LogP contribution in [-0.2, 0) is 48.8 Å². The number of allylic oxidation sites excluding steroid dienone is 20. The van der Waals surface area contributed by atoms with Crippen LogP contribution >= 0.6 is 0 Å². The number of aryl methyl sites for hydroxylation is 1.